The number of furan rings is 1. The van der Waals surface area contributed by atoms with Crippen molar-refractivity contribution in [3.8, 4) is 0 Å². The van der Waals surface area contributed by atoms with Crippen molar-refractivity contribution in [1.29, 1.82) is 0 Å². The van der Waals surface area contributed by atoms with Gasteiger partial charge in [-0.05, 0) is 39.8 Å². The van der Waals surface area contributed by atoms with Gasteiger partial charge in [0.2, 0.25) is 0 Å². The summed E-state index contributed by atoms with van der Waals surface area (Å²) in [5, 5.41) is 7.53. The second-order valence-corrected chi connectivity index (χ2v) is 6.36. The fourth-order valence-electron chi connectivity index (χ4n) is 3.28. The first-order chi connectivity index (χ1) is 12.0. The standard InChI is InChI=1S/C18H26N4O3/c1-5-22-14(4)15(13(3)20-22)10-19-18(23)21-8-9-24-11-16(21)17-7-6-12(2)25-17/h6-7,16H,5,8-11H2,1-4H3,(H,19,23). The van der Waals surface area contributed by atoms with Crippen LogP contribution in [0.3, 0.4) is 0 Å². The molecule has 0 aromatic carbocycles. The van der Waals surface area contributed by atoms with Gasteiger partial charge in [-0.15, -0.1) is 0 Å². The molecule has 2 aromatic heterocycles. The van der Waals surface area contributed by atoms with Crippen LogP contribution in [0.15, 0.2) is 16.5 Å². The number of aryl methyl sites for hydroxylation is 3. The molecule has 0 spiro atoms. The average molecular weight is 346 g/mol. The molecule has 25 heavy (non-hydrogen) atoms. The van der Waals surface area contributed by atoms with Crippen molar-refractivity contribution in [3.05, 3.63) is 40.6 Å². The van der Waals surface area contributed by atoms with Crippen molar-refractivity contribution in [3.63, 3.8) is 0 Å². The third-order valence-electron chi connectivity index (χ3n) is 4.73. The van der Waals surface area contributed by atoms with Gasteiger partial charge in [0, 0.05) is 30.9 Å². The highest BCUT2D eigenvalue weighted by atomic mass is 16.5. The summed E-state index contributed by atoms with van der Waals surface area (Å²) in [7, 11) is 0. The third-order valence-corrected chi connectivity index (χ3v) is 4.73. The number of rotatable bonds is 4. The molecule has 0 saturated carbocycles. The molecule has 1 fully saturated rings. The van der Waals surface area contributed by atoms with Crippen molar-refractivity contribution >= 4 is 6.03 Å². The Morgan fingerprint density at radius 2 is 2.16 bits per heavy atom. The van der Waals surface area contributed by atoms with Gasteiger partial charge < -0.3 is 19.4 Å². The zero-order valence-electron chi connectivity index (χ0n) is 15.3. The predicted molar refractivity (Wildman–Crippen MR) is 93.3 cm³/mol. The Morgan fingerprint density at radius 3 is 2.80 bits per heavy atom. The Bertz CT molecular complexity index is 750. The summed E-state index contributed by atoms with van der Waals surface area (Å²) < 4.78 is 13.2. The van der Waals surface area contributed by atoms with Gasteiger partial charge >= 0.3 is 6.03 Å². The van der Waals surface area contributed by atoms with E-state index in [-0.39, 0.29) is 12.1 Å². The molecular formula is C18H26N4O3. The monoisotopic (exact) mass is 346 g/mol. The van der Waals surface area contributed by atoms with Crippen LogP contribution in [-0.4, -0.2) is 40.5 Å². The van der Waals surface area contributed by atoms with E-state index in [1.165, 1.54) is 0 Å². The van der Waals surface area contributed by atoms with Crippen LogP contribution in [0.4, 0.5) is 4.79 Å². The van der Waals surface area contributed by atoms with Crippen molar-refractivity contribution < 1.29 is 13.9 Å². The van der Waals surface area contributed by atoms with E-state index in [9.17, 15) is 4.79 Å². The molecule has 1 saturated heterocycles. The molecule has 136 valence electrons. The number of morpholine rings is 1. The van der Waals surface area contributed by atoms with E-state index in [0.717, 1.165) is 35.0 Å². The SMILES string of the molecule is CCn1nc(C)c(CNC(=O)N2CCOCC2c2ccc(C)o2)c1C. The number of hydrogen-bond acceptors (Lipinski definition) is 4. The summed E-state index contributed by atoms with van der Waals surface area (Å²) in [5.41, 5.74) is 3.13. The van der Waals surface area contributed by atoms with Crippen molar-refractivity contribution in [2.75, 3.05) is 19.8 Å². The van der Waals surface area contributed by atoms with Crippen LogP contribution >= 0.6 is 0 Å². The molecule has 1 atom stereocenters. The van der Waals surface area contributed by atoms with Gasteiger partial charge in [-0.25, -0.2) is 4.79 Å². The Labute approximate surface area is 147 Å². The Balaban J connectivity index is 1.70. The minimum Gasteiger partial charge on any atom is -0.464 e. The van der Waals surface area contributed by atoms with Crippen molar-refractivity contribution in [2.24, 2.45) is 0 Å². The van der Waals surface area contributed by atoms with E-state index in [1.54, 1.807) is 4.90 Å². The molecule has 3 heterocycles. The van der Waals surface area contributed by atoms with E-state index in [1.807, 2.05) is 37.6 Å². The van der Waals surface area contributed by atoms with E-state index < -0.39 is 0 Å². The quantitative estimate of drug-likeness (QED) is 0.924. The number of urea groups is 1. The molecule has 3 rings (SSSR count). The van der Waals surface area contributed by atoms with E-state index >= 15 is 0 Å². The molecule has 1 aliphatic rings. The van der Waals surface area contributed by atoms with Gasteiger partial charge in [-0.2, -0.15) is 5.10 Å². The summed E-state index contributed by atoms with van der Waals surface area (Å²) >= 11 is 0. The maximum atomic E-state index is 12.8. The van der Waals surface area contributed by atoms with Crippen LogP contribution in [0.5, 0.6) is 0 Å². The molecule has 7 nitrogen and oxygen atoms in total. The topological polar surface area (TPSA) is 72.5 Å². The first-order valence-electron chi connectivity index (χ1n) is 8.72. The molecule has 1 aliphatic heterocycles. The second kappa shape index (κ2) is 7.31. The number of hydrogen-bond donors (Lipinski definition) is 1. The lowest BCUT2D eigenvalue weighted by atomic mass is 10.1. The summed E-state index contributed by atoms with van der Waals surface area (Å²) in [6.07, 6.45) is 0. The largest absolute Gasteiger partial charge is 0.464 e. The molecule has 2 aromatic rings. The lowest BCUT2D eigenvalue weighted by molar-refractivity contribution is 0.00399. The fourth-order valence-corrected chi connectivity index (χ4v) is 3.28. The number of aromatic nitrogens is 2. The number of amides is 2. The van der Waals surface area contributed by atoms with Gasteiger partial charge in [0.05, 0.1) is 18.9 Å². The van der Waals surface area contributed by atoms with Crippen molar-refractivity contribution in [2.45, 2.75) is 46.8 Å². The zero-order chi connectivity index (χ0) is 18.0. The van der Waals surface area contributed by atoms with Gasteiger partial charge in [-0.3, -0.25) is 4.68 Å². The highest BCUT2D eigenvalue weighted by Gasteiger charge is 2.31. The minimum absolute atomic E-state index is 0.106. The third kappa shape index (κ3) is 3.56. The van der Waals surface area contributed by atoms with Crippen LogP contribution in [0.25, 0.3) is 0 Å². The number of nitrogens with one attached hydrogen (secondary N) is 1. The van der Waals surface area contributed by atoms with Gasteiger partial charge in [0.1, 0.15) is 17.6 Å². The van der Waals surface area contributed by atoms with Crippen LogP contribution in [0.2, 0.25) is 0 Å². The Hall–Kier alpha value is -2.28. The molecular weight excluding hydrogens is 320 g/mol. The molecule has 1 unspecified atom stereocenters. The maximum absolute atomic E-state index is 12.8. The highest BCUT2D eigenvalue weighted by molar-refractivity contribution is 5.75. The normalized spacial score (nSPS) is 17.8. The molecule has 0 aliphatic carbocycles. The summed E-state index contributed by atoms with van der Waals surface area (Å²) in [5.74, 6) is 1.60. The molecule has 0 radical (unpaired) electrons. The maximum Gasteiger partial charge on any atom is 0.318 e. The zero-order valence-corrected chi connectivity index (χ0v) is 15.3. The summed E-state index contributed by atoms with van der Waals surface area (Å²) in [6.45, 7) is 10.8. The lowest BCUT2D eigenvalue weighted by Gasteiger charge is -2.34. The Kier molecular flexibility index (Phi) is 5.13. The van der Waals surface area contributed by atoms with Gasteiger partial charge in [0.25, 0.3) is 0 Å². The van der Waals surface area contributed by atoms with E-state index in [2.05, 4.69) is 17.3 Å². The molecule has 1 N–H and O–H groups in total. The van der Waals surface area contributed by atoms with E-state index in [0.29, 0.717) is 26.3 Å². The lowest BCUT2D eigenvalue weighted by Crippen LogP contribution is -2.47. The first-order valence-corrected chi connectivity index (χ1v) is 8.72. The van der Waals surface area contributed by atoms with Gasteiger partial charge in [-0.1, -0.05) is 0 Å². The number of ether oxygens (including phenoxy) is 1. The second-order valence-electron chi connectivity index (χ2n) is 6.36. The predicted octanol–water partition coefficient (Wildman–Crippen LogP) is 2.70. The number of nitrogens with zero attached hydrogens (tertiary/aromatic N) is 3. The summed E-state index contributed by atoms with van der Waals surface area (Å²) in [4.78, 5) is 14.5. The van der Waals surface area contributed by atoms with Crippen molar-refractivity contribution in [1.82, 2.24) is 20.0 Å². The van der Waals surface area contributed by atoms with Crippen LogP contribution in [-0.2, 0) is 17.8 Å². The smallest absolute Gasteiger partial charge is 0.318 e. The van der Waals surface area contributed by atoms with Crippen LogP contribution in [0, 0.1) is 20.8 Å². The average Bonchev–Trinajstić information content (AvgIpc) is 3.16. The molecule has 2 amide bonds. The van der Waals surface area contributed by atoms with E-state index in [4.69, 9.17) is 9.15 Å². The molecule has 7 heteroatoms. The minimum atomic E-state index is -0.192. The van der Waals surface area contributed by atoms with Gasteiger partial charge in [0.15, 0.2) is 0 Å². The van der Waals surface area contributed by atoms with Crippen LogP contribution < -0.4 is 5.32 Å². The fraction of sp³-hybridized carbons (Fsp3) is 0.556. The number of carbonyl (C=O) groups is 1. The Morgan fingerprint density at radius 1 is 1.36 bits per heavy atom. The molecule has 0 bridgehead atoms. The highest BCUT2D eigenvalue weighted by Crippen LogP contribution is 2.26. The number of carbonyl (C=O) groups excluding carboxylic acids is 1. The first kappa shape index (κ1) is 17.5. The van der Waals surface area contributed by atoms with Crippen LogP contribution in [0.1, 0.15) is 41.4 Å². The summed E-state index contributed by atoms with van der Waals surface area (Å²) in [6, 6.07) is 3.52.